The number of carbonyl (C=O) groups is 2. The van der Waals surface area contributed by atoms with Gasteiger partial charge in [0.2, 0.25) is 11.8 Å². The van der Waals surface area contributed by atoms with Crippen LogP contribution in [0.25, 0.3) is 0 Å². The molecule has 0 aliphatic carbocycles. The quantitative estimate of drug-likeness (QED) is 0.802. The number of nitrogens with one attached hydrogen (secondary N) is 2. The first-order valence-corrected chi connectivity index (χ1v) is 6.86. The van der Waals surface area contributed by atoms with Crippen molar-refractivity contribution in [1.29, 1.82) is 0 Å². The van der Waals surface area contributed by atoms with Crippen LogP contribution in [0.4, 0.5) is 4.39 Å². The Morgan fingerprint density at radius 3 is 2.40 bits per heavy atom. The highest BCUT2D eigenvalue weighted by atomic mass is 19.1. The van der Waals surface area contributed by atoms with E-state index in [1.807, 2.05) is 13.8 Å². The zero-order valence-corrected chi connectivity index (χ0v) is 11.9. The zero-order valence-electron chi connectivity index (χ0n) is 11.9. The minimum atomic E-state index is -0.353. The third-order valence-corrected chi connectivity index (χ3v) is 3.21. The summed E-state index contributed by atoms with van der Waals surface area (Å²) >= 11 is 0. The summed E-state index contributed by atoms with van der Waals surface area (Å²) in [6, 6.07) is 6.25. The molecule has 110 valence electrons. The Morgan fingerprint density at radius 1 is 1.15 bits per heavy atom. The lowest BCUT2D eigenvalue weighted by Gasteiger charge is -2.12. The smallest absolute Gasteiger partial charge is 0.239 e. The fourth-order valence-corrected chi connectivity index (χ4v) is 1.87. The predicted octanol–water partition coefficient (Wildman–Crippen LogP) is 1.99. The molecule has 0 saturated carbocycles. The molecule has 1 rings (SSSR count). The number of hydrogen-bond acceptors (Lipinski definition) is 2. The van der Waals surface area contributed by atoms with Crippen LogP contribution in [-0.4, -0.2) is 18.4 Å². The van der Waals surface area contributed by atoms with Gasteiger partial charge in [-0.15, -0.1) is 0 Å². The Hall–Kier alpha value is -1.91. The lowest BCUT2D eigenvalue weighted by atomic mass is 10.0. The van der Waals surface area contributed by atoms with Crippen molar-refractivity contribution in [2.75, 3.05) is 6.54 Å². The van der Waals surface area contributed by atoms with Gasteiger partial charge in [0.15, 0.2) is 0 Å². The Balaban J connectivity index is 2.34. The van der Waals surface area contributed by atoms with E-state index >= 15 is 0 Å². The van der Waals surface area contributed by atoms with Crippen LogP contribution in [0.2, 0.25) is 0 Å². The molecule has 0 fully saturated rings. The molecule has 2 amide bonds. The van der Waals surface area contributed by atoms with Crippen molar-refractivity contribution in [2.24, 2.45) is 5.92 Å². The molecular formula is C15H21FN2O2. The molecule has 0 radical (unpaired) electrons. The number of halogens is 1. The number of carbonyl (C=O) groups excluding carboxylic acids is 2. The third-order valence-electron chi connectivity index (χ3n) is 3.21. The Kier molecular flexibility index (Phi) is 6.70. The largest absolute Gasteiger partial charge is 0.350 e. The van der Waals surface area contributed by atoms with Gasteiger partial charge in [-0.3, -0.25) is 9.59 Å². The van der Waals surface area contributed by atoms with Gasteiger partial charge < -0.3 is 10.6 Å². The van der Waals surface area contributed by atoms with Crippen molar-refractivity contribution >= 4 is 11.8 Å². The van der Waals surface area contributed by atoms with E-state index in [-0.39, 0.29) is 36.6 Å². The molecule has 1 aromatic rings. The average Bonchev–Trinajstić information content (AvgIpc) is 2.45. The standard InChI is InChI=1S/C15H21FN2O2/c1-3-11(4-2)15(20)18-10-14(19)17-9-12-7-5-6-8-13(12)16/h5-8,11H,3-4,9-10H2,1-2H3,(H,17,19)(H,18,20). The van der Waals surface area contributed by atoms with Gasteiger partial charge in [0.25, 0.3) is 0 Å². The van der Waals surface area contributed by atoms with Gasteiger partial charge in [-0.1, -0.05) is 32.0 Å². The normalized spacial score (nSPS) is 10.4. The monoisotopic (exact) mass is 280 g/mol. The van der Waals surface area contributed by atoms with Crippen LogP contribution in [-0.2, 0) is 16.1 Å². The molecule has 0 aromatic heterocycles. The summed E-state index contributed by atoms with van der Waals surface area (Å²) in [7, 11) is 0. The van der Waals surface area contributed by atoms with E-state index < -0.39 is 0 Å². The molecule has 0 heterocycles. The van der Waals surface area contributed by atoms with Crippen molar-refractivity contribution in [3.63, 3.8) is 0 Å². The lowest BCUT2D eigenvalue weighted by molar-refractivity contribution is -0.128. The summed E-state index contributed by atoms with van der Waals surface area (Å²) in [4.78, 5) is 23.3. The first-order valence-electron chi connectivity index (χ1n) is 6.86. The van der Waals surface area contributed by atoms with Gasteiger partial charge in [-0.05, 0) is 18.9 Å². The molecule has 5 heteroatoms. The van der Waals surface area contributed by atoms with Crippen LogP contribution in [0, 0.1) is 11.7 Å². The van der Waals surface area contributed by atoms with E-state index in [9.17, 15) is 14.0 Å². The molecule has 2 N–H and O–H groups in total. The van der Waals surface area contributed by atoms with Crippen molar-refractivity contribution in [3.8, 4) is 0 Å². The highest BCUT2D eigenvalue weighted by molar-refractivity contribution is 5.85. The van der Waals surface area contributed by atoms with Crippen molar-refractivity contribution < 1.29 is 14.0 Å². The van der Waals surface area contributed by atoms with Crippen molar-refractivity contribution in [3.05, 3.63) is 35.6 Å². The first kappa shape index (κ1) is 16.1. The second-order valence-corrected chi connectivity index (χ2v) is 4.60. The van der Waals surface area contributed by atoms with E-state index in [0.29, 0.717) is 5.56 Å². The number of benzene rings is 1. The van der Waals surface area contributed by atoms with Crippen LogP contribution in [0.15, 0.2) is 24.3 Å². The van der Waals surface area contributed by atoms with Gasteiger partial charge >= 0.3 is 0 Å². The van der Waals surface area contributed by atoms with E-state index in [0.717, 1.165) is 12.8 Å². The summed E-state index contributed by atoms with van der Waals surface area (Å²) in [6.07, 6.45) is 1.50. The van der Waals surface area contributed by atoms with Gasteiger partial charge in [0.05, 0.1) is 6.54 Å². The topological polar surface area (TPSA) is 58.2 Å². The summed E-state index contributed by atoms with van der Waals surface area (Å²) < 4.78 is 13.3. The second-order valence-electron chi connectivity index (χ2n) is 4.60. The highest BCUT2D eigenvalue weighted by Gasteiger charge is 2.14. The van der Waals surface area contributed by atoms with Gasteiger partial charge in [-0.2, -0.15) is 0 Å². The van der Waals surface area contributed by atoms with Crippen LogP contribution in [0.1, 0.15) is 32.3 Å². The second kappa shape index (κ2) is 8.30. The van der Waals surface area contributed by atoms with Crippen molar-refractivity contribution in [1.82, 2.24) is 10.6 Å². The molecule has 4 nitrogen and oxygen atoms in total. The van der Waals surface area contributed by atoms with Crippen molar-refractivity contribution in [2.45, 2.75) is 33.2 Å². The van der Waals surface area contributed by atoms with Gasteiger partial charge in [0, 0.05) is 18.0 Å². The van der Waals surface area contributed by atoms with Crippen LogP contribution < -0.4 is 10.6 Å². The Labute approximate surface area is 118 Å². The highest BCUT2D eigenvalue weighted by Crippen LogP contribution is 2.07. The molecular weight excluding hydrogens is 259 g/mol. The molecule has 20 heavy (non-hydrogen) atoms. The summed E-state index contributed by atoms with van der Waals surface area (Å²) in [6.45, 7) is 3.91. The SMILES string of the molecule is CCC(CC)C(=O)NCC(=O)NCc1ccccc1F. The summed E-state index contributed by atoms with van der Waals surface area (Å²) in [5.41, 5.74) is 0.423. The molecule has 0 bridgehead atoms. The number of hydrogen-bond donors (Lipinski definition) is 2. The maximum Gasteiger partial charge on any atom is 0.239 e. The fraction of sp³-hybridized carbons (Fsp3) is 0.467. The summed E-state index contributed by atoms with van der Waals surface area (Å²) in [5.74, 6) is -0.855. The minimum Gasteiger partial charge on any atom is -0.350 e. The molecule has 0 aliphatic heterocycles. The Morgan fingerprint density at radius 2 is 1.80 bits per heavy atom. The van der Waals surface area contributed by atoms with E-state index in [2.05, 4.69) is 10.6 Å². The van der Waals surface area contributed by atoms with E-state index in [1.165, 1.54) is 6.07 Å². The molecule has 0 spiro atoms. The number of amides is 2. The molecule has 0 saturated heterocycles. The molecule has 1 aromatic carbocycles. The minimum absolute atomic E-state index is 0.0608. The molecule has 0 unspecified atom stereocenters. The lowest BCUT2D eigenvalue weighted by Crippen LogP contribution is -2.39. The van der Waals surface area contributed by atoms with Gasteiger partial charge in [0.1, 0.15) is 5.82 Å². The third kappa shape index (κ3) is 4.99. The van der Waals surface area contributed by atoms with Crippen LogP contribution >= 0.6 is 0 Å². The van der Waals surface area contributed by atoms with Crippen LogP contribution in [0.3, 0.4) is 0 Å². The maximum absolute atomic E-state index is 13.3. The zero-order chi connectivity index (χ0) is 15.0. The van der Waals surface area contributed by atoms with Crippen LogP contribution in [0.5, 0.6) is 0 Å². The van der Waals surface area contributed by atoms with E-state index in [1.54, 1.807) is 18.2 Å². The number of rotatable bonds is 7. The molecule has 0 aliphatic rings. The predicted molar refractivity (Wildman–Crippen MR) is 75.3 cm³/mol. The summed E-state index contributed by atoms with van der Waals surface area (Å²) in [5, 5.41) is 5.17. The van der Waals surface area contributed by atoms with Gasteiger partial charge in [-0.25, -0.2) is 4.39 Å². The fourth-order valence-electron chi connectivity index (χ4n) is 1.87. The average molecular weight is 280 g/mol. The maximum atomic E-state index is 13.3. The first-order chi connectivity index (χ1) is 9.58. The Bertz CT molecular complexity index is 459. The van der Waals surface area contributed by atoms with E-state index in [4.69, 9.17) is 0 Å². The molecule has 0 atom stereocenters.